The molecule has 1 aliphatic heterocycles. The van der Waals surface area contributed by atoms with Crippen LogP contribution in [0.4, 0.5) is 11.8 Å². The Bertz CT molecular complexity index is 855. The van der Waals surface area contributed by atoms with E-state index in [0.29, 0.717) is 25.1 Å². The van der Waals surface area contributed by atoms with Gasteiger partial charge >= 0.3 is 0 Å². The number of aromatic nitrogens is 2. The molecule has 2 aromatic rings. The molecule has 1 aliphatic rings. The first-order valence-corrected chi connectivity index (χ1v) is 10.6. The molecule has 29 heavy (non-hydrogen) atoms. The number of hydrogen-bond donors (Lipinski definition) is 0. The van der Waals surface area contributed by atoms with E-state index in [1.807, 2.05) is 19.5 Å². The highest BCUT2D eigenvalue weighted by molar-refractivity contribution is 5.91. The zero-order chi connectivity index (χ0) is 20.8. The molecule has 0 radical (unpaired) electrons. The van der Waals surface area contributed by atoms with Crippen LogP contribution in [0.15, 0.2) is 20.6 Å². The van der Waals surface area contributed by atoms with E-state index in [2.05, 4.69) is 41.4 Å². The lowest BCUT2D eigenvalue weighted by Crippen LogP contribution is -2.36. The predicted octanol–water partition coefficient (Wildman–Crippen LogP) is 4.12. The zero-order valence-electron chi connectivity index (χ0n) is 18.3. The maximum absolute atomic E-state index is 6.01. The number of aliphatic imine (C=N–C) groups is 2. The second-order valence-corrected chi connectivity index (χ2v) is 7.35. The highest BCUT2D eigenvalue weighted by atomic mass is 16.5. The third-order valence-electron chi connectivity index (χ3n) is 5.53. The fraction of sp³-hybridized carbons (Fsp3) is 0.591. The Balaban J connectivity index is 1.94. The maximum Gasteiger partial charge on any atom is 0.298 e. The van der Waals surface area contributed by atoms with Crippen LogP contribution < -0.4 is 4.90 Å². The second kappa shape index (κ2) is 9.87. The first kappa shape index (κ1) is 21.3. The van der Waals surface area contributed by atoms with Crippen molar-refractivity contribution in [2.75, 3.05) is 38.3 Å². The number of ether oxygens (including phenoxy) is 1. The van der Waals surface area contributed by atoms with Gasteiger partial charge in [-0.2, -0.15) is 4.98 Å². The van der Waals surface area contributed by atoms with Crippen molar-refractivity contribution >= 4 is 24.3 Å². The van der Waals surface area contributed by atoms with Gasteiger partial charge in [0.25, 0.3) is 6.01 Å². The average molecular weight is 400 g/mol. The van der Waals surface area contributed by atoms with Crippen LogP contribution in [-0.4, -0.2) is 55.3 Å². The van der Waals surface area contributed by atoms with E-state index in [1.54, 1.807) is 7.05 Å². The van der Waals surface area contributed by atoms with E-state index in [0.717, 1.165) is 55.2 Å². The van der Waals surface area contributed by atoms with Crippen LogP contribution in [0.3, 0.4) is 0 Å². The fourth-order valence-electron chi connectivity index (χ4n) is 3.85. The number of oxazole rings is 1. The SMILES string of the molecule is CCc1oc(N2CCOCC2)nc1/C=N/c1c(C=NC)c(C(CC)CC)cn1C. The quantitative estimate of drug-likeness (QED) is 0.626. The molecule has 0 unspecified atom stereocenters. The molecule has 0 atom stereocenters. The summed E-state index contributed by atoms with van der Waals surface area (Å²) >= 11 is 0. The predicted molar refractivity (Wildman–Crippen MR) is 118 cm³/mol. The van der Waals surface area contributed by atoms with Gasteiger partial charge in [0.2, 0.25) is 0 Å². The lowest BCUT2D eigenvalue weighted by molar-refractivity contribution is 0.120. The first-order chi connectivity index (χ1) is 14.1. The van der Waals surface area contributed by atoms with Gasteiger partial charge in [-0.1, -0.05) is 20.8 Å². The molecule has 0 aromatic carbocycles. The van der Waals surface area contributed by atoms with Crippen molar-refractivity contribution in [3.8, 4) is 0 Å². The van der Waals surface area contributed by atoms with Gasteiger partial charge in [0, 0.05) is 51.6 Å². The Hall–Kier alpha value is -2.41. The third kappa shape index (κ3) is 4.61. The number of anilines is 1. The Kier molecular flexibility index (Phi) is 7.25. The van der Waals surface area contributed by atoms with Gasteiger partial charge < -0.3 is 18.6 Å². The lowest BCUT2D eigenvalue weighted by atomic mass is 9.93. The average Bonchev–Trinajstić information content (AvgIpc) is 3.29. The molecule has 0 bridgehead atoms. The van der Waals surface area contributed by atoms with E-state index >= 15 is 0 Å². The summed E-state index contributed by atoms with van der Waals surface area (Å²) in [6.07, 6.45) is 8.90. The third-order valence-corrected chi connectivity index (χ3v) is 5.53. The Morgan fingerprint density at radius 3 is 2.52 bits per heavy atom. The standard InChI is InChI=1S/C22H33N5O2/c1-6-16(7-2)18-15-26(5)21(17(18)13-23-4)24-14-19-20(8-3)29-22(25-19)27-9-11-28-12-10-27/h13-16H,6-12H2,1-5H3/b23-13?,24-14+. The van der Waals surface area contributed by atoms with Crippen molar-refractivity contribution in [2.45, 2.75) is 46.0 Å². The molecule has 0 saturated carbocycles. The van der Waals surface area contributed by atoms with Gasteiger partial charge in [0.15, 0.2) is 0 Å². The Morgan fingerprint density at radius 2 is 1.90 bits per heavy atom. The number of rotatable bonds is 8. The van der Waals surface area contributed by atoms with Crippen LogP contribution in [0.5, 0.6) is 0 Å². The van der Waals surface area contributed by atoms with E-state index in [1.165, 1.54) is 5.56 Å². The van der Waals surface area contributed by atoms with Crippen LogP contribution in [-0.2, 0) is 18.2 Å². The van der Waals surface area contributed by atoms with Crippen molar-refractivity contribution in [2.24, 2.45) is 17.0 Å². The largest absolute Gasteiger partial charge is 0.428 e. The van der Waals surface area contributed by atoms with Crippen molar-refractivity contribution in [3.63, 3.8) is 0 Å². The summed E-state index contributed by atoms with van der Waals surface area (Å²) in [6.45, 7) is 9.54. The van der Waals surface area contributed by atoms with Gasteiger partial charge in [-0.05, 0) is 24.3 Å². The van der Waals surface area contributed by atoms with Crippen LogP contribution in [0.2, 0.25) is 0 Å². The van der Waals surface area contributed by atoms with Gasteiger partial charge in [0.05, 0.1) is 19.4 Å². The van der Waals surface area contributed by atoms with Crippen LogP contribution in [0, 0.1) is 0 Å². The van der Waals surface area contributed by atoms with Gasteiger partial charge in [0.1, 0.15) is 17.3 Å². The summed E-state index contributed by atoms with van der Waals surface area (Å²) in [4.78, 5) is 15.9. The van der Waals surface area contributed by atoms with Crippen LogP contribution in [0.1, 0.15) is 62.1 Å². The molecule has 7 nitrogen and oxygen atoms in total. The van der Waals surface area contributed by atoms with Crippen molar-refractivity contribution in [1.29, 1.82) is 0 Å². The normalized spacial score (nSPS) is 15.4. The topological polar surface area (TPSA) is 68.2 Å². The van der Waals surface area contributed by atoms with Gasteiger partial charge in [-0.3, -0.25) is 4.99 Å². The molecule has 3 rings (SSSR count). The Labute approximate surface area is 173 Å². The molecule has 0 amide bonds. The fourth-order valence-corrected chi connectivity index (χ4v) is 3.85. The first-order valence-electron chi connectivity index (χ1n) is 10.6. The van der Waals surface area contributed by atoms with E-state index < -0.39 is 0 Å². The number of nitrogens with zero attached hydrogens (tertiary/aromatic N) is 5. The molecule has 158 valence electrons. The molecular weight excluding hydrogens is 366 g/mol. The second-order valence-electron chi connectivity index (χ2n) is 7.35. The summed E-state index contributed by atoms with van der Waals surface area (Å²) < 4.78 is 13.5. The van der Waals surface area contributed by atoms with Gasteiger partial charge in [-0.25, -0.2) is 4.99 Å². The van der Waals surface area contributed by atoms with Gasteiger partial charge in [-0.15, -0.1) is 0 Å². The van der Waals surface area contributed by atoms with Crippen LogP contribution in [0.25, 0.3) is 0 Å². The van der Waals surface area contributed by atoms with Crippen molar-refractivity contribution in [1.82, 2.24) is 9.55 Å². The molecule has 0 aliphatic carbocycles. The van der Waals surface area contributed by atoms with E-state index in [4.69, 9.17) is 19.1 Å². The number of hydrogen-bond acceptors (Lipinski definition) is 6. The van der Waals surface area contributed by atoms with E-state index in [9.17, 15) is 0 Å². The monoisotopic (exact) mass is 399 g/mol. The molecule has 7 heteroatoms. The minimum absolute atomic E-state index is 0.504. The van der Waals surface area contributed by atoms with Crippen LogP contribution >= 0.6 is 0 Å². The number of aryl methyl sites for hydroxylation is 2. The highest BCUT2D eigenvalue weighted by Crippen LogP contribution is 2.33. The maximum atomic E-state index is 6.01. The smallest absolute Gasteiger partial charge is 0.298 e. The van der Waals surface area contributed by atoms with Crippen molar-refractivity contribution in [3.05, 3.63) is 28.8 Å². The minimum Gasteiger partial charge on any atom is -0.428 e. The summed E-state index contributed by atoms with van der Waals surface area (Å²) in [6, 6.07) is 0.659. The molecule has 2 aromatic heterocycles. The summed E-state index contributed by atoms with van der Waals surface area (Å²) in [5.41, 5.74) is 3.19. The molecule has 1 fully saturated rings. The molecule has 0 spiro atoms. The summed E-state index contributed by atoms with van der Waals surface area (Å²) in [5.74, 6) is 2.26. The highest BCUT2D eigenvalue weighted by Gasteiger charge is 2.20. The minimum atomic E-state index is 0.504. The summed E-state index contributed by atoms with van der Waals surface area (Å²) in [7, 11) is 3.84. The molecular formula is C22H33N5O2. The zero-order valence-corrected chi connectivity index (χ0v) is 18.3. The van der Waals surface area contributed by atoms with E-state index in [-0.39, 0.29) is 0 Å². The molecule has 1 saturated heterocycles. The number of morpholine rings is 1. The lowest BCUT2D eigenvalue weighted by Gasteiger charge is -2.24. The molecule has 3 heterocycles. The van der Waals surface area contributed by atoms with Crippen molar-refractivity contribution < 1.29 is 9.15 Å². The Morgan fingerprint density at radius 1 is 1.17 bits per heavy atom. The molecule has 0 N–H and O–H groups in total. The summed E-state index contributed by atoms with van der Waals surface area (Å²) in [5, 5.41) is 0.